The fourth-order valence-corrected chi connectivity index (χ4v) is 13.7. The number of aliphatic hydroxyl groups excluding tert-OH is 1. The summed E-state index contributed by atoms with van der Waals surface area (Å²) in [6, 6.07) is 0. The Hall–Kier alpha value is -1.94. The number of phosphoric acid groups is 2. The summed E-state index contributed by atoms with van der Waals surface area (Å²) in [5.41, 5.74) is 0. The minimum absolute atomic E-state index is 0.108. The number of esters is 4. The number of unbranched alkanes of at least 4 members (excludes halogenated alkanes) is 47. The molecule has 582 valence electrons. The number of rotatable bonds is 78. The molecule has 0 saturated carbocycles. The van der Waals surface area contributed by atoms with E-state index >= 15 is 0 Å². The lowest BCUT2D eigenvalue weighted by molar-refractivity contribution is -0.161. The van der Waals surface area contributed by atoms with Crippen LogP contribution < -0.4 is 0 Å². The van der Waals surface area contributed by atoms with Crippen LogP contribution in [0.2, 0.25) is 0 Å². The molecule has 17 nitrogen and oxygen atoms in total. The first-order valence-electron chi connectivity index (χ1n) is 41.0. The maximum atomic E-state index is 13.1. The number of aliphatic hydroxyl groups is 1. The quantitative estimate of drug-likeness (QED) is 0.0222. The average molecular weight is 1440 g/mol. The number of carbonyl (C=O) groups excluding carboxylic acids is 4. The summed E-state index contributed by atoms with van der Waals surface area (Å²) >= 11 is 0. The standard InChI is InChI=1S/C79H154O17P2/c1-7-10-12-14-16-18-20-21-22-26-33-39-45-51-57-63-78(83)95-74(67-89-76(81)61-55-49-43-37-19-17-15-13-11-8-2)69-93-97(85,86)91-65-73(80)66-92-98(87,88)94-70-75(68-90-77(82)62-56-50-44-38-32-29-28-30-35-41-47-53-59-71(4)5)96-79(84)64-58-52-46-40-34-27-24-23-25-31-36-42-48-54-60-72(6)9-3/h71-75,80H,7-70H2,1-6H3,(H,85,86)(H,87,88)/t72?,73-,74+,75+/m0/s1. The van der Waals surface area contributed by atoms with Gasteiger partial charge in [0.1, 0.15) is 19.3 Å². The van der Waals surface area contributed by atoms with Gasteiger partial charge >= 0.3 is 39.5 Å². The van der Waals surface area contributed by atoms with Crippen molar-refractivity contribution in [2.45, 2.75) is 432 Å². The molecule has 0 bridgehead atoms. The van der Waals surface area contributed by atoms with Gasteiger partial charge in [-0.2, -0.15) is 0 Å². The zero-order valence-corrected chi connectivity index (χ0v) is 65.9. The lowest BCUT2D eigenvalue weighted by Crippen LogP contribution is -2.30. The molecule has 0 heterocycles. The van der Waals surface area contributed by atoms with Crippen molar-refractivity contribution in [3.8, 4) is 0 Å². The second kappa shape index (κ2) is 70.7. The molecule has 3 N–H and O–H groups in total. The topological polar surface area (TPSA) is 237 Å². The Bertz CT molecular complexity index is 1890. The monoisotopic (exact) mass is 1440 g/mol. The lowest BCUT2D eigenvalue weighted by Gasteiger charge is -2.21. The highest BCUT2D eigenvalue weighted by molar-refractivity contribution is 7.47. The molecule has 0 saturated heterocycles. The van der Waals surface area contributed by atoms with E-state index in [0.29, 0.717) is 25.7 Å². The maximum Gasteiger partial charge on any atom is 0.472 e. The number of hydrogen-bond donors (Lipinski definition) is 3. The van der Waals surface area contributed by atoms with Gasteiger partial charge in [-0.3, -0.25) is 37.3 Å². The normalized spacial score (nSPS) is 14.2. The summed E-state index contributed by atoms with van der Waals surface area (Å²) < 4.78 is 68.7. The first kappa shape index (κ1) is 96.1. The Morgan fingerprint density at radius 2 is 0.520 bits per heavy atom. The Morgan fingerprint density at radius 1 is 0.296 bits per heavy atom. The predicted octanol–water partition coefficient (Wildman–Crippen LogP) is 23.5. The third-order valence-electron chi connectivity index (χ3n) is 18.8. The summed E-state index contributed by atoms with van der Waals surface area (Å²) in [5, 5.41) is 10.6. The van der Waals surface area contributed by atoms with Crippen LogP contribution in [0.15, 0.2) is 0 Å². The summed E-state index contributed by atoms with van der Waals surface area (Å²) in [7, 11) is -9.92. The molecule has 0 amide bonds. The molecule has 98 heavy (non-hydrogen) atoms. The third kappa shape index (κ3) is 71.1. The average Bonchev–Trinajstić information content (AvgIpc) is 0.936. The van der Waals surface area contributed by atoms with Crippen LogP contribution in [0.25, 0.3) is 0 Å². The van der Waals surface area contributed by atoms with E-state index in [1.807, 2.05) is 0 Å². The van der Waals surface area contributed by atoms with Gasteiger partial charge in [0.2, 0.25) is 0 Å². The van der Waals surface area contributed by atoms with Crippen LogP contribution in [0.3, 0.4) is 0 Å². The number of ether oxygens (including phenoxy) is 4. The lowest BCUT2D eigenvalue weighted by atomic mass is 9.99. The number of carbonyl (C=O) groups is 4. The zero-order chi connectivity index (χ0) is 72.1. The fourth-order valence-electron chi connectivity index (χ4n) is 12.2. The second-order valence-corrected chi connectivity index (χ2v) is 32.1. The van der Waals surface area contributed by atoms with Crippen LogP contribution in [0, 0.1) is 11.8 Å². The van der Waals surface area contributed by atoms with E-state index in [0.717, 1.165) is 102 Å². The van der Waals surface area contributed by atoms with Crippen molar-refractivity contribution in [2.75, 3.05) is 39.6 Å². The van der Waals surface area contributed by atoms with Gasteiger partial charge in [0.25, 0.3) is 0 Å². The largest absolute Gasteiger partial charge is 0.472 e. The van der Waals surface area contributed by atoms with Crippen LogP contribution in [0.1, 0.15) is 414 Å². The van der Waals surface area contributed by atoms with E-state index in [4.69, 9.17) is 37.0 Å². The van der Waals surface area contributed by atoms with Crippen LogP contribution in [-0.4, -0.2) is 96.7 Å². The first-order valence-corrected chi connectivity index (χ1v) is 44.0. The molecule has 6 atom stereocenters. The smallest absolute Gasteiger partial charge is 0.462 e. The van der Waals surface area contributed by atoms with Gasteiger partial charge < -0.3 is 33.8 Å². The van der Waals surface area contributed by atoms with E-state index in [2.05, 4.69) is 41.5 Å². The summed E-state index contributed by atoms with van der Waals surface area (Å²) in [5.74, 6) is -0.482. The molecule has 0 aromatic carbocycles. The summed E-state index contributed by atoms with van der Waals surface area (Å²) in [6.45, 7) is 9.69. The highest BCUT2D eigenvalue weighted by Gasteiger charge is 2.30. The van der Waals surface area contributed by atoms with Gasteiger partial charge in [0, 0.05) is 25.7 Å². The molecule has 19 heteroatoms. The Balaban J connectivity index is 5.25. The molecule has 0 radical (unpaired) electrons. The molecule has 0 rings (SSSR count). The van der Waals surface area contributed by atoms with Crippen LogP contribution in [0.4, 0.5) is 0 Å². The van der Waals surface area contributed by atoms with Gasteiger partial charge in [-0.05, 0) is 37.5 Å². The number of phosphoric ester groups is 2. The van der Waals surface area contributed by atoms with Crippen LogP contribution in [0.5, 0.6) is 0 Å². The van der Waals surface area contributed by atoms with Gasteiger partial charge in [-0.1, -0.05) is 363 Å². The predicted molar refractivity (Wildman–Crippen MR) is 400 cm³/mol. The SMILES string of the molecule is CCCCCCCCCCCCCCCCCC(=O)O[C@H](COC(=O)CCCCCCCCCCCC)COP(=O)(O)OC[C@H](O)COP(=O)(O)OC[C@@H](COC(=O)CCCCCCCCCCCCCCC(C)C)OC(=O)CCCCCCCCCCCCCCCCC(C)CC. The van der Waals surface area contributed by atoms with Crippen molar-refractivity contribution in [2.24, 2.45) is 11.8 Å². The first-order chi connectivity index (χ1) is 47.4. The van der Waals surface area contributed by atoms with E-state index in [1.165, 1.54) is 231 Å². The highest BCUT2D eigenvalue weighted by Crippen LogP contribution is 2.45. The molecule has 0 fully saturated rings. The van der Waals surface area contributed by atoms with E-state index < -0.39 is 97.5 Å². The van der Waals surface area contributed by atoms with Gasteiger partial charge in [-0.25, -0.2) is 9.13 Å². The zero-order valence-electron chi connectivity index (χ0n) is 64.1. The summed E-state index contributed by atoms with van der Waals surface area (Å²) in [4.78, 5) is 72.9. The van der Waals surface area contributed by atoms with Crippen molar-refractivity contribution in [1.29, 1.82) is 0 Å². The van der Waals surface area contributed by atoms with E-state index in [9.17, 15) is 43.2 Å². The highest BCUT2D eigenvalue weighted by atomic mass is 31.2. The fraction of sp³-hybridized carbons (Fsp3) is 0.949. The molecule has 0 aliphatic carbocycles. The van der Waals surface area contributed by atoms with Gasteiger partial charge in [0.15, 0.2) is 12.2 Å². The van der Waals surface area contributed by atoms with Gasteiger partial charge in [0.05, 0.1) is 26.4 Å². The molecular formula is C79H154O17P2. The minimum atomic E-state index is -4.96. The molecule has 0 aliphatic rings. The van der Waals surface area contributed by atoms with Crippen molar-refractivity contribution >= 4 is 39.5 Å². The van der Waals surface area contributed by atoms with Crippen molar-refractivity contribution in [3.63, 3.8) is 0 Å². The minimum Gasteiger partial charge on any atom is -0.462 e. The van der Waals surface area contributed by atoms with Crippen LogP contribution >= 0.6 is 15.6 Å². The molecule has 0 aliphatic heterocycles. The number of hydrogen-bond acceptors (Lipinski definition) is 15. The molecule has 0 spiro atoms. The van der Waals surface area contributed by atoms with Crippen LogP contribution in [-0.2, 0) is 65.4 Å². The van der Waals surface area contributed by atoms with Crippen molar-refractivity contribution in [1.82, 2.24) is 0 Å². The Kier molecular flexibility index (Phi) is 69.3. The second-order valence-electron chi connectivity index (χ2n) is 29.2. The van der Waals surface area contributed by atoms with Crippen molar-refractivity contribution in [3.05, 3.63) is 0 Å². The third-order valence-corrected chi connectivity index (χ3v) is 20.7. The molecule has 3 unspecified atom stereocenters. The van der Waals surface area contributed by atoms with Crippen molar-refractivity contribution < 1.29 is 80.2 Å². The van der Waals surface area contributed by atoms with E-state index in [1.54, 1.807) is 0 Å². The molecular weight excluding hydrogens is 1280 g/mol. The Morgan fingerprint density at radius 3 is 0.776 bits per heavy atom. The summed E-state index contributed by atoms with van der Waals surface area (Å²) in [6.07, 6.45) is 59.4. The Labute approximate surface area is 600 Å². The molecule has 0 aromatic rings. The maximum absolute atomic E-state index is 13.1. The van der Waals surface area contributed by atoms with E-state index in [-0.39, 0.29) is 25.7 Å². The van der Waals surface area contributed by atoms with Gasteiger partial charge in [-0.15, -0.1) is 0 Å². The molecule has 0 aromatic heterocycles.